The average Bonchev–Trinajstić information content (AvgIpc) is 3.20. The number of H-pyrrole nitrogens is 1. The molecule has 0 saturated carbocycles. The number of aromatic amines is 1. The second kappa shape index (κ2) is 9.65. The zero-order valence-corrected chi connectivity index (χ0v) is 20.6. The van der Waals surface area contributed by atoms with Crippen LogP contribution in [0.1, 0.15) is 28.0 Å². The van der Waals surface area contributed by atoms with Crippen LogP contribution >= 0.6 is 23.2 Å². The molecule has 4 aromatic carbocycles. The molecule has 1 aromatic heterocycles. The molecular weight excluding hydrogens is 481 g/mol. The van der Waals surface area contributed by atoms with Gasteiger partial charge in [0.15, 0.2) is 0 Å². The number of carboxylic acids is 1. The summed E-state index contributed by atoms with van der Waals surface area (Å²) < 4.78 is 6.08. The normalized spacial score (nSPS) is 11.3. The van der Waals surface area contributed by atoms with E-state index in [9.17, 15) is 9.90 Å². The molecule has 0 fully saturated rings. The van der Waals surface area contributed by atoms with Gasteiger partial charge in [-0.25, -0.2) is 4.79 Å². The van der Waals surface area contributed by atoms with Gasteiger partial charge in [-0.15, -0.1) is 0 Å². The number of rotatable bonds is 7. The first kappa shape index (κ1) is 23.3. The second-order valence-corrected chi connectivity index (χ2v) is 9.42. The van der Waals surface area contributed by atoms with E-state index in [0.717, 1.165) is 49.7 Å². The van der Waals surface area contributed by atoms with Crippen LogP contribution in [0.15, 0.2) is 72.8 Å². The van der Waals surface area contributed by atoms with Gasteiger partial charge in [0.1, 0.15) is 11.4 Å². The van der Waals surface area contributed by atoms with Gasteiger partial charge in [0.2, 0.25) is 0 Å². The fraction of sp³-hybridized carbons (Fsp3) is 0.138. The minimum Gasteiger partial charge on any atom is -0.493 e. The number of halogens is 2. The third-order valence-corrected chi connectivity index (χ3v) is 6.70. The molecule has 0 spiro atoms. The third-order valence-electron chi connectivity index (χ3n) is 6.25. The highest BCUT2D eigenvalue weighted by Crippen LogP contribution is 2.37. The number of fused-ring (bicyclic) bond motifs is 2. The van der Waals surface area contributed by atoms with Crippen molar-refractivity contribution < 1.29 is 14.6 Å². The summed E-state index contributed by atoms with van der Waals surface area (Å²) in [4.78, 5) is 15.3. The lowest BCUT2D eigenvalue weighted by Gasteiger charge is -2.10. The smallest absolute Gasteiger partial charge is 0.352 e. The van der Waals surface area contributed by atoms with E-state index in [1.54, 1.807) is 0 Å². The van der Waals surface area contributed by atoms with Crippen molar-refractivity contribution in [1.29, 1.82) is 0 Å². The van der Waals surface area contributed by atoms with Crippen molar-refractivity contribution in [1.82, 2.24) is 4.98 Å². The van der Waals surface area contributed by atoms with Crippen molar-refractivity contribution in [3.63, 3.8) is 0 Å². The van der Waals surface area contributed by atoms with Crippen molar-refractivity contribution in [2.75, 3.05) is 6.61 Å². The minimum absolute atomic E-state index is 0.181. The number of aromatic carboxylic acids is 1. The SMILES string of the molecule is Cc1cc(Cl)ccc1-c1cc(Cl)cc2c(CCCOc3cccc4ccccc34)c(C(=O)O)[nH]c12. The molecule has 35 heavy (non-hydrogen) atoms. The van der Waals surface area contributed by atoms with Crippen LogP contribution in [-0.4, -0.2) is 22.7 Å². The van der Waals surface area contributed by atoms with Gasteiger partial charge in [0.25, 0.3) is 0 Å². The Labute approximate surface area is 213 Å². The van der Waals surface area contributed by atoms with Gasteiger partial charge in [0, 0.05) is 26.4 Å². The molecule has 176 valence electrons. The van der Waals surface area contributed by atoms with E-state index in [0.29, 0.717) is 29.5 Å². The van der Waals surface area contributed by atoms with Crippen molar-refractivity contribution >= 4 is 50.8 Å². The molecule has 0 amide bonds. The number of carbonyl (C=O) groups is 1. The monoisotopic (exact) mass is 503 g/mol. The molecule has 4 nitrogen and oxygen atoms in total. The summed E-state index contributed by atoms with van der Waals surface area (Å²) in [6.45, 7) is 2.43. The molecule has 0 bridgehead atoms. The summed E-state index contributed by atoms with van der Waals surface area (Å²) in [6, 6.07) is 23.4. The number of carboxylic acid groups (broad SMARTS) is 1. The first-order valence-corrected chi connectivity index (χ1v) is 12.1. The Balaban J connectivity index is 1.46. The van der Waals surface area contributed by atoms with Crippen molar-refractivity contribution in [3.05, 3.63) is 99.7 Å². The van der Waals surface area contributed by atoms with Crippen molar-refractivity contribution in [2.24, 2.45) is 0 Å². The predicted molar refractivity (Wildman–Crippen MR) is 143 cm³/mol. The molecule has 0 unspecified atom stereocenters. The lowest BCUT2D eigenvalue weighted by molar-refractivity contribution is 0.0690. The van der Waals surface area contributed by atoms with Crippen LogP contribution in [-0.2, 0) is 6.42 Å². The number of aromatic nitrogens is 1. The molecule has 0 atom stereocenters. The summed E-state index contributed by atoms with van der Waals surface area (Å²) in [6.07, 6.45) is 1.18. The van der Waals surface area contributed by atoms with Crippen LogP contribution in [0.2, 0.25) is 10.0 Å². The highest BCUT2D eigenvalue weighted by molar-refractivity contribution is 6.32. The topological polar surface area (TPSA) is 62.3 Å². The predicted octanol–water partition coefficient (Wildman–Crippen LogP) is 8.31. The number of benzene rings is 4. The van der Waals surface area contributed by atoms with Crippen LogP contribution in [0.5, 0.6) is 5.75 Å². The fourth-order valence-electron chi connectivity index (χ4n) is 4.65. The van der Waals surface area contributed by atoms with Crippen molar-refractivity contribution in [3.8, 4) is 16.9 Å². The first-order chi connectivity index (χ1) is 16.9. The summed E-state index contributed by atoms with van der Waals surface area (Å²) in [7, 11) is 0. The lowest BCUT2D eigenvalue weighted by atomic mass is 9.97. The van der Waals surface area contributed by atoms with Gasteiger partial charge in [0.05, 0.1) is 12.1 Å². The van der Waals surface area contributed by atoms with Crippen LogP contribution in [0.25, 0.3) is 32.8 Å². The van der Waals surface area contributed by atoms with E-state index in [2.05, 4.69) is 17.1 Å². The van der Waals surface area contributed by atoms with Crippen LogP contribution < -0.4 is 4.74 Å². The molecule has 0 radical (unpaired) electrons. The Hall–Kier alpha value is -3.47. The summed E-state index contributed by atoms with van der Waals surface area (Å²) in [5.74, 6) is -0.176. The van der Waals surface area contributed by atoms with Gasteiger partial charge in [-0.2, -0.15) is 0 Å². The van der Waals surface area contributed by atoms with Gasteiger partial charge in [-0.3, -0.25) is 0 Å². The van der Waals surface area contributed by atoms with Crippen molar-refractivity contribution in [2.45, 2.75) is 19.8 Å². The van der Waals surface area contributed by atoms with Gasteiger partial charge >= 0.3 is 5.97 Å². The Morgan fingerprint density at radius 2 is 1.71 bits per heavy atom. The molecule has 2 N–H and O–H groups in total. The largest absolute Gasteiger partial charge is 0.493 e. The lowest BCUT2D eigenvalue weighted by Crippen LogP contribution is -2.04. The maximum Gasteiger partial charge on any atom is 0.352 e. The number of nitrogens with one attached hydrogen (secondary N) is 1. The molecular formula is C29H23Cl2NO3. The molecule has 5 aromatic rings. The molecule has 6 heteroatoms. The molecule has 5 rings (SSSR count). The van der Waals surface area contributed by atoms with Crippen LogP contribution in [0.4, 0.5) is 0 Å². The summed E-state index contributed by atoms with van der Waals surface area (Å²) in [5, 5.41) is 14.1. The standard InChI is InChI=1S/C29H23Cl2NO3/c1-17-14-19(30)11-12-21(17)24-15-20(31)16-25-23(28(29(33)34)32-27(24)25)9-5-13-35-26-10-4-7-18-6-2-3-8-22(18)26/h2-4,6-8,10-12,14-16,32H,5,9,13H2,1H3,(H,33,34). The Kier molecular flexibility index (Phi) is 6.42. The molecule has 0 aliphatic heterocycles. The van der Waals surface area contributed by atoms with Gasteiger partial charge in [-0.1, -0.05) is 65.7 Å². The van der Waals surface area contributed by atoms with E-state index in [1.165, 1.54) is 0 Å². The summed E-state index contributed by atoms with van der Waals surface area (Å²) >= 11 is 12.7. The Morgan fingerprint density at radius 3 is 2.51 bits per heavy atom. The fourth-order valence-corrected chi connectivity index (χ4v) is 5.10. The molecule has 1 heterocycles. The van der Waals surface area contributed by atoms with E-state index < -0.39 is 5.97 Å². The summed E-state index contributed by atoms with van der Waals surface area (Å²) in [5.41, 5.74) is 4.44. The maximum absolute atomic E-state index is 12.1. The minimum atomic E-state index is -0.999. The zero-order chi connectivity index (χ0) is 24.5. The van der Waals surface area contributed by atoms with E-state index in [1.807, 2.05) is 67.6 Å². The maximum atomic E-state index is 12.1. The average molecular weight is 504 g/mol. The number of hydrogen-bond donors (Lipinski definition) is 2. The first-order valence-electron chi connectivity index (χ1n) is 11.4. The number of aryl methyl sites for hydroxylation is 2. The highest BCUT2D eigenvalue weighted by atomic mass is 35.5. The Morgan fingerprint density at radius 1 is 0.914 bits per heavy atom. The van der Waals surface area contributed by atoms with E-state index in [-0.39, 0.29) is 5.69 Å². The van der Waals surface area contributed by atoms with Crippen LogP contribution in [0.3, 0.4) is 0 Å². The van der Waals surface area contributed by atoms with Crippen LogP contribution in [0, 0.1) is 6.92 Å². The number of hydrogen-bond acceptors (Lipinski definition) is 2. The van der Waals surface area contributed by atoms with E-state index in [4.69, 9.17) is 27.9 Å². The second-order valence-electron chi connectivity index (χ2n) is 8.55. The van der Waals surface area contributed by atoms with Gasteiger partial charge in [-0.05, 0) is 72.2 Å². The Bertz CT molecular complexity index is 1570. The zero-order valence-electron chi connectivity index (χ0n) is 19.1. The molecule has 0 aliphatic rings. The quantitative estimate of drug-likeness (QED) is 0.219. The number of ether oxygens (including phenoxy) is 1. The van der Waals surface area contributed by atoms with E-state index >= 15 is 0 Å². The third kappa shape index (κ3) is 4.60. The molecule has 0 aliphatic carbocycles. The highest BCUT2D eigenvalue weighted by Gasteiger charge is 2.20. The van der Waals surface area contributed by atoms with Gasteiger partial charge < -0.3 is 14.8 Å². The molecule has 0 saturated heterocycles.